The van der Waals surface area contributed by atoms with Gasteiger partial charge in [0.25, 0.3) is 11.8 Å². The minimum Gasteiger partial charge on any atom is -0.457 e. The van der Waals surface area contributed by atoms with Gasteiger partial charge >= 0.3 is 11.9 Å². The highest BCUT2D eigenvalue weighted by atomic mass is 16.5. The van der Waals surface area contributed by atoms with Gasteiger partial charge in [-0.05, 0) is 101 Å². The summed E-state index contributed by atoms with van der Waals surface area (Å²) in [6, 6.07) is 35.5. The van der Waals surface area contributed by atoms with Gasteiger partial charge in [-0.25, -0.2) is 9.59 Å². The number of carbonyl (C=O) groups excluding carboxylic acids is 5. The number of ether oxygens (including phenoxy) is 2. The molecule has 0 unspecified atom stereocenters. The van der Waals surface area contributed by atoms with Crippen molar-refractivity contribution in [1.82, 2.24) is 10.6 Å². The largest absolute Gasteiger partial charge is 0.457 e. The number of Topliss-reactive ketones (excluding diaryl/α,β-unsaturated/α-hetero) is 1. The number of hydrogen-bond acceptors (Lipinski definition) is 7. The van der Waals surface area contributed by atoms with E-state index in [1.165, 1.54) is 44.9 Å². The summed E-state index contributed by atoms with van der Waals surface area (Å²) in [5.41, 5.74) is 2.16. The highest BCUT2D eigenvalue weighted by molar-refractivity contribution is 5.95. The zero-order valence-electron chi connectivity index (χ0n) is 39.8. The molecule has 4 atom stereocenters. The molecule has 4 aromatic rings. The number of nitrogens with one attached hydrogen (secondary N) is 2. The zero-order valence-corrected chi connectivity index (χ0v) is 39.8. The Morgan fingerprint density at radius 2 is 0.621 bits per heavy atom. The highest BCUT2D eigenvalue weighted by Gasteiger charge is 2.25. The molecule has 0 aliphatic heterocycles. The number of rotatable bonds is 34. The Morgan fingerprint density at radius 3 is 0.924 bits per heavy atom. The van der Waals surface area contributed by atoms with Crippen LogP contribution in [0.1, 0.15) is 197 Å². The quantitative estimate of drug-likeness (QED) is 0.0353. The summed E-state index contributed by atoms with van der Waals surface area (Å²) in [5, 5.41) is 6.06. The van der Waals surface area contributed by atoms with E-state index >= 15 is 0 Å². The topological polar surface area (TPSA) is 128 Å². The van der Waals surface area contributed by atoms with E-state index in [0.717, 1.165) is 70.6 Å². The van der Waals surface area contributed by atoms with Gasteiger partial charge in [-0.3, -0.25) is 14.4 Å². The molecule has 4 rings (SSSR count). The maximum absolute atomic E-state index is 12.9. The van der Waals surface area contributed by atoms with Crippen molar-refractivity contribution in [2.45, 2.75) is 179 Å². The summed E-state index contributed by atoms with van der Waals surface area (Å²) in [6.45, 7) is 3.80. The number of amides is 2. The van der Waals surface area contributed by atoms with Crippen LogP contribution in [0.4, 0.5) is 0 Å². The van der Waals surface area contributed by atoms with Crippen LogP contribution in [-0.4, -0.2) is 53.8 Å². The normalized spacial score (nSPS) is 12.9. The van der Waals surface area contributed by atoms with Gasteiger partial charge in [-0.1, -0.05) is 163 Å². The van der Waals surface area contributed by atoms with Gasteiger partial charge in [0.2, 0.25) is 0 Å². The third kappa shape index (κ3) is 21.6. The molecule has 0 heterocycles. The molecule has 4 aromatic carbocycles. The molecule has 2 N–H and O–H groups in total. The van der Waals surface area contributed by atoms with Gasteiger partial charge < -0.3 is 20.1 Å². The molecular weight excluding hydrogens is 825 g/mol. The van der Waals surface area contributed by atoms with Crippen LogP contribution in [0.2, 0.25) is 0 Å². The van der Waals surface area contributed by atoms with Gasteiger partial charge in [-0.15, -0.1) is 0 Å². The van der Waals surface area contributed by atoms with E-state index in [0.29, 0.717) is 53.7 Å². The van der Waals surface area contributed by atoms with Crippen molar-refractivity contribution in [2.24, 2.45) is 0 Å². The molecule has 0 saturated carbocycles. The van der Waals surface area contributed by atoms with Crippen LogP contribution in [0, 0.1) is 0 Å². The van der Waals surface area contributed by atoms with E-state index in [4.69, 9.17) is 9.47 Å². The summed E-state index contributed by atoms with van der Waals surface area (Å²) < 4.78 is 11.9. The first-order valence-corrected chi connectivity index (χ1v) is 25.0. The Balaban J connectivity index is 0.969. The minimum absolute atomic E-state index is 0.171. The first kappa shape index (κ1) is 53.0. The summed E-state index contributed by atoms with van der Waals surface area (Å²) >= 11 is 0. The minimum atomic E-state index is -0.441. The number of benzene rings is 4. The van der Waals surface area contributed by atoms with Crippen LogP contribution in [0.5, 0.6) is 0 Å². The Hall–Kier alpha value is -5.57. The molecule has 0 aliphatic carbocycles. The smallest absolute Gasteiger partial charge is 0.338 e. The maximum Gasteiger partial charge on any atom is 0.338 e. The molecule has 2 amide bonds. The fraction of sp³-hybridized carbons (Fsp3) is 0.491. The third-order valence-corrected chi connectivity index (χ3v) is 12.3. The molecule has 0 spiro atoms. The van der Waals surface area contributed by atoms with E-state index < -0.39 is 12.2 Å². The van der Waals surface area contributed by atoms with E-state index in [1.807, 2.05) is 86.6 Å². The number of ketones is 1. The highest BCUT2D eigenvalue weighted by Crippen LogP contribution is 2.19. The lowest BCUT2D eigenvalue weighted by molar-refractivity contribution is -0.119. The molecule has 66 heavy (non-hydrogen) atoms. The first-order chi connectivity index (χ1) is 32.2. The van der Waals surface area contributed by atoms with E-state index in [2.05, 4.69) is 10.6 Å². The average Bonchev–Trinajstić information content (AvgIpc) is 3.34. The molecule has 0 radical (unpaired) electrons. The zero-order chi connectivity index (χ0) is 47.0. The van der Waals surface area contributed by atoms with Crippen LogP contribution in [0.25, 0.3) is 0 Å². The van der Waals surface area contributed by atoms with Gasteiger partial charge in [0.1, 0.15) is 18.0 Å². The summed E-state index contributed by atoms with van der Waals surface area (Å²) in [7, 11) is 0. The van der Waals surface area contributed by atoms with Gasteiger partial charge in [0, 0.05) is 24.0 Å². The van der Waals surface area contributed by atoms with Gasteiger partial charge in [0.05, 0.1) is 23.2 Å². The second-order valence-electron chi connectivity index (χ2n) is 17.9. The molecule has 356 valence electrons. The Labute approximate surface area is 395 Å². The number of carbonyl (C=O) groups is 5. The van der Waals surface area contributed by atoms with Crippen molar-refractivity contribution in [1.29, 1.82) is 0 Å². The fourth-order valence-corrected chi connectivity index (χ4v) is 8.26. The van der Waals surface area contributed by atoms with Crippen LogP contribution in [0.3, 0.4) is 0 Å². The standard InChI is InChI=1S/C57H76N2O7/c1-45(58-54(61)47-33-21-17-22-34-47)52(65-56(63)49-37-25-19-26-38-49)43-31-15-10-8-6-4-3-5-7-9-13-29-41-51(60)42-30-14-11-12-16-32-44-53(66-57(64)50-39-27-20-28-40-50)46(2)59-55(62)48-35-23-18-24-36-48/h17-28,33-40,45-46,52-53H,3-16,29-32,41-44H2,1-2H3,(H,58,61)(H,59,62)/t45-,46-,52-,53-/m1/s1. The number of hydrogen-bond donors (Lipinski definition) is 2. The number of unbranched alkanes of at least 4 members (excludes halogenated alkanes) is 16. The lowest BCUT2D eigenvalue weighted by Crippen LogP contribution is -2.43. The number of esters is 2. The molecule has 9 nitrogen and oxygen atoms in total. The maximum atomic E-state index is 12.9. The lowest BCUT2D eigenvalue weighted by Gasteiger charge is -2.25. The van der Waals surface area contributed by atoms with Crippen LogP contribution < -0.4 is 10.6 Å². The molecule has 0 aliphatic rings. The summed E-state index contributed by atoms with van der Waals surface area (Å²) in [6.07, 6.45) is 21.7. The predicted molar refractivity (Wildman–Crippen MR) is 265 cm³/mol. The van der Waals surface area contributed by atoms with Gasteiger partial charge in [0.15, 0.2) is 0 Å². The average molecular weight is 901 g/mol. The van der Waals surface area contributed by atoms with Gasteiger partial charge in [-0.2, -0.15) is 0 Å². The SMILES string of the molecule is C[C@@H](NC(=O)c1ccccc1)[C@@H](CCCCCCCCCCCCCCC(=O)CCCCCCCC[C@@H](OC(=O)c1ccccc1)[C@@H](C)NC(=O)c1ccccc1)OC(=O)c1ccccc1. The van der Waals surface area contributed by atoms with Crippen molar-refractivity contribution < 1.29 is 33.4 Å². The fourth-order valence-electron chi connectivity index (χ4n) is 8.26. The molecule has 0 fully saturated rings. The first-order valence-electron chi connectivity index (χ1n) is 25.0. The molecule has 0 bridgehead atoms. The van der Waals surface area contributed by atoms with Crippen molar-refractivity contribution in [3.8, 4) is 0 Å². The van der Waals surface area contributed by atoms with Crippen molar-refractivity contribution in [3.63, 3.8) is 0 Å². The van der Waals surface area contributed by atoms with E-state index in [1.54, 1.807) is 48.5 Å². The lowest BCUT2D eigenvalue weighted by atomic mass is 10.0. The van der Waals surface area contributed by atoms with E-state index in [-0.39, 0.29) is 35.8 Å². The molecule has 9 heteroatoms. The van der Waals surface area contributed by atoms with Crippen LogP contribution in [-0.2, 0) is 14.3 Å². The van der Waals surface area contributed by atoms with Crippen molar-refractivity contribution in [3.05, 3.63) is 144 Å². The van der Waals surface area contributed by atoms with Crippen LogP contribution in [0.15, 0.2) is 121 Å². The Morgan fingerprint density at radius 1 is 0.364 bits per heavy atom. The Bertz CT molecular complexity index is 1960. The predicted octanol–water partition coefficient (Wildman–Crippen LogP) is 13.2. The van der Waals surface area contributed by atoms with Crippen molar-refractivity contribution >= 4 is 29.5 Å². The summed E-state index contributed by atoms with van der Waals surface area (Å²) in [5.74, 6) is -0.717. The van der Waals surface area contributed by atoms with Crippen LogP contribution >= 0.6 is 0 Å². The van der Waals surface area contributed by atoms with Crippen molar-refractivity contribution in [2.75, 3.05) is 0 Å². The Kier molecular flexibility index (Phi) is 25.8. The molecular formula is C57H76N2O7. The molecule has 0 aromatic heterocycles. The summed E-state index contributed by atoms with van der Waals surface area (Å²) in [4.78, 5) is 63.9. The third-order valence-electron chi connectivity index (χ3n) is 12.3. The monoisotopic (exact) mass is 901 g/mol. The van der Waals surface area contributed by atoms with E-state index in [9.17, 15) is 24.0 Å². The molecule has 0 saturated heterocycles. The second-order valence-corrected chi connectivity index (χ2v) is 17.9. The second kappa shape index (κ2) is 32.2.